The van der Waals surface area contributed by atoms with E-state index in [0.29, 0.717) is 29.9 Å². The minimum absolute atomic E-state index is 0.0375. The van der Waals surface area contributed by atoms with Crippen LogP contribution in [0.4, 0.5) is 24.7 Å². The van der Waals surface area contributed by atoms with E-state index in [1.807, 2.05) is 0 Å². The van der Waals surface area contributed by atoms with E-state index in [1.54, 1.807) is 24.3 Å². The average Bonchev–Trinajstić information content (AvgIpc) is 3.75. The number of halogens is 4. The molecule has 0 radical (unpaired) electrons. The Bertz CT molecular complexity index is 1570. The SMILES string of the molecule is COc1ccc(CN(c2ccncn2)S(=O)c2cc(Cl)c(NC3(c4cc(F)ccc4F)CC3)cc2F)c(OC)c1. The zero-order chi connectivity index (χ0) is 28.4. The van der Waals surface area contributed by atoms with Crippen molar-refractivity contribution in [3.63, 3.8) is 0 Å². The summed E-state index contributed by atoms with van der Waals surface area (Å²) in [5, 5.41) is 3.14. The Labute approximate surface area is 236 Å². The molecule has 0 spiro atoms. The number of hydrogen-bond donors (Lipinski definition) is 1. The predicted octanol–water partition coefficient (Wildman–Crippen LogP) is 6.40. The highest BCUT2D eigenvalue weighted by molar-refractivity contribution is 7.86. The third kappa shape index (κ3) is 5.57. The maximum atomic E-state index is 15.6. The molecule has 3 aromatic carbocycles. The summed E-state index contributed by atoms with van der Waals surface area (Å²) < 4.78 is 69.9. The van der Waals surface area contributed by atoms with Crippen molar-refractivity contribution in [3.8, 4) is 11.5 Å². The fraction of sp³-hybridized carbons (Fsp3) is 0.214. The van der Waals surface area contributed by atoms with Gasteiger partial charge in [0.1, 0.15) is 41.1 Å². The first-order chi connectivity index (χ1) is 19.2. The average molecular weight is 589 g/mol. The van der Waals surface area contributed by atoms with Crippen molar-refractivity contribution in [1.29, 1.82) is 0 Å². The molecule has 40 heavy (non-hydrogen) atoms. The number of anilines is 2. The van der Waals surface area contributed by atoms with Crippen LogP contribution in [0.2, 0.25) is 5.02 Å². The Morgan fingerprint density at radius 3 is 2.50 bits per heavy atom. The summed E-state index contributed by atoms with van der Waals surface area (Å²) in [7, 11) is 0.916. The lowest BCUT2D eigenvalue weighted by Crippen LogP contribution is -2.27. The van der Waals surface area contributed by atoms with Gasteiger partial charge < -0.3 is 14.8 Å². The highest BCUT2D eigenvalue weighted by Gasteiger charge is 2.47. The summed E-state index contributed by atoms with van der Waals surface area (Å²) in [6.45, 7) is 0.0375. The van der Waals surface area contributed by atoms with Crippen LogP contribution in [0.3, 0.4) is 0 Å². The van der Waals surface area contributed by atoms with Crippen LogP contribution in [0.5, 0.6) is 11.5 Å². The second-order valence-electron chi connectivity index (χ2n) is 9.12. The van der Waals surface area contributed by atoms with Crippen LogP contribution >= 0.6 is 11.6 Å². The Balaban J connectivity index is 1.47. The Kier molecular flexibility index (Phi) is 7.86. The summed E-state index contributed by atoms with van der Waals surface area (Å²) in [4.78, 5) is 7.93. The van der Waals surface area contributed by atoms with E-state index in [0.717, 1.165) is 24.3 Å². The number of ether oxygens (including phenoxy) is 2. The van der Waals surface area contributed by atoms with Crippen LogP contribution in [-0.4, -0.2) is 28.4 Å². The highest BCUT2D eigenvalue weighted by atomic mass is 35.5. The third-order valence-corrected chi connectivity index (χ3v) is 8.33. The van der Waals surface area contributed by atoms with Gasteiger partial charge in [-0.3, -0.25) is 4.31 Å². The van der Waals surface area contributed by atoms with E-state index in [2.05, 4.69) is 15.3 Å². The number of nitrogens with zero attached hydrogens (tertiary/aromatic N) is 3. The van der Waals surface area contributed by atoms with Crippen molar-refractivity contribution in [3.05, 3.63) is 101 Å². The lowest BCUT2D eigenvalue weighted by molar-refractivity contribution is 0.391. The van der Waals surface area contributed by atoms with Gasteiger partial charge in [-0.05, 0) is 61.4 Å². The van der Waals surface area contributed by atoms with Crippen LogP contribution in [0.25, 0.3) is 0 Å². The molecule has 12 heteroatoms. The minimum Gasteiger partial charge on any atom is -0.497 e. The zero-order valence-corrected chi connectivity index (χ0v) is 23.0. The van der Waals surface area contributed by atoms with Crippen LogP contribution in [0.1, 0.15) is 24.0 Å². The van der Waals surface area contributed by atoms with E-state index in [1.165, 1.54) is 37.1 Å². The Morgan fingerprint density at radius 1 is 1.02 bits per heavy atom. The van der Waals surface area contributed by atoms with Crippen molar-refractivity contribution in [2.75, 3.05) is 23.8 Å². The van der Waals surface area contributed by atoms with E-state index in [9.17, 15) is 13.0 Å². The summed E-state index contributed by atoms with van der Waals surface area (Å²) in [6.07, 6.45) is 3.78. The molecule has 4 aromatic rings. The van der Waals surface area contributed by atoms with E-state index in [4.69, 9.17) is 21.1 Å². The zero-order valence-electron chi connectivity index (χ0n) is 21.5. The third-order valence-electron chi connectivity index (χ3n) is 6.61. The number of aromatic nitrogens is 2. The molecular formula is C28H24ClF3N4O3S. The Morgan fingerprint density at radius 2 is 1.82 bits per heavy atom. The number of hydrogen-bond acceptors (Lipinski definition) is 6. The molecule has 0 aliphatic heterocycles. The number of methoxy groups -OCH3 is 2. The van der Waals surface area contributed by atoms with E-state index >= 15 is 4.39 Å². The second kappa shape index (κ2) is 11.3. The van der Waals surface area contributed by atoms with E-state index < -0.39 is 34.0 Å². The molecule has 1 heterocycles. The first kappa shape index (κ1) is 27.7. The van der Waals surface area contributed by atoms with Crippen LogP contribution in [0, 0.1) is 17.5 Å². The molecule has 1 unspecified atom stereocenters. The van der Waals surface area contributed by atoms with Gasteiger partial charge in [-0.15, -0.1) is 0 Å². The van der Waals surface area contributed by atoms with Crippen molar-refractivity contribution >= 4 is 34.1 Å². The van der Waals surface area contributed by atoms with Crippen molar-refractivity contribution in [2.45, 2.75) is 29.8 Å². The molecule has 0 amide bonds. The molecule has 0 saturated heterocycles. The number of benzene rings is 3. The van der Waals surface area contributed by atoms with Gasteiger partial charge in [0.15, 0.2) is 11.0 Å². The van der Waals surface area contributed by atoms with Gasteiger partial charge in [-0.1, -0.05) is 11.6 Å². The van der Waals surface area contributed by atoms with E-state index in [-0.39, 0.29) is 33.5 Å². The van der Waals surface area contributed by atoms with Crippen molar-refractivity contribution in [1.82, 2.24) is 9.97 Å². The van der Waals surface area contributed by atoms with Crippen molar-refractivity contribution in [2.24, 2.45) is 0 Å². The molecule has 1 atom stereocenters. The molecule has 1 aliphatic rings. The summed E-state index contributed by atoms with van der Waals surface area (Å²) in [5.74, 6) is -0.625. The van der Waals surface area contributed by atoms with Gasteiger partial charge >= 0.3 is 0 Å². The summed E-state index contributed by atoms with van der Waals surface area (Å²) in [5.41, 5.74) is 0.0419. The standard InChI is InChI=1S/C28H24ClF3N4O3S/c1-38-19-5-3-17(25(12-19)39-2)15-36(27-7-10-33-16-34-27)40(37)26-13-21(29)24(14-23(26)32)35-28(8-9-28)20-11-18(30)4-6-22(20)31/h3-7,10-14,16,35H,8-9,15H2,1-2H3. The molecule has 208 valence electrons. The fourth-order valence-corrected chi connectivity index (χ4v) is 5.87. The molecular weight excluding hydrogens is 565 g/mol. The van der Waals surface area contributed by atoms with Gasteiger partial charge in [-0.25, -0.2) is 27.3 Å². The maximum Gasteiger partial charge on any atom is 0.157 e. The lowest BCUT2D eigenvalue weighted by atomic mass is 10.0. The molecule has 1 saturated carbocycles. The van der Waals surface area contributed by atoms with Gasteiger partial charge in [0.25, 0.3) is 0 Å². The predicted molar refractivity (Wildman–Crippen MR) is 146 cm³/mol. The van der Waals surface area contributed by atoms with Gasteiger partial charge in [-0.2, -0.15) is 0 Å². The normalized spacial score (nSPS) is 14.3. The summed E-state index contributed by atoms with van der Waals surface area (Å²) in [6, 6.07) is 12.3. The largest absolute Gasteiger partial charge is 0.497 e. The van der Waals surface area contributed by atoms with Crippen LogP contribution in [0.15, 0.2) is 72.0 Å². The molecule has 1 N–H and O–H groups in total. The fourth-order valence-electron chi connectivity index (χ4n) is 4.38. The maximum absolute atomic E-state index is 15.6. The first-order valence-electron chi connectivity index (χ1n) is 12.1. The molecule has 1 fully saturated rings. The monoisotopic (exact) mass is 588 g/mol. The first-order valence-corrected chi connectivity index (χ1v) is 13.6. The minimum atomic E-state index is -2.11. The number of rotatable bonds is 10. The molecule has 5 rings (SSSR count). The quantitative estimate of drug-likeness (QED) is 0.231. The Hall–Kier alpha value is -3.83. The molecule has 0 bridgehead atoms. The summed E-state index contributed by atoms with van der Waals surface area (Å²) >= 11 is 6.52. The van der Waals surface area contributed by atoms with Gasteiger partial charge in [0.2, 0.25) is 0 Å². The number of nitrogens with one attached hydrogen (secondary N) is 1. The topological polar surface area (TPSA) is 76.6 Å². The van der Waals surface area contributed by atoms with Gasteiger partial charge in [0, 0.05) is 23.4 Å². The highest BCUT2D eigenvalue weighted by Crippen LogP contribution is 2.50. The molecule has 1 aliphatic carbocycles. The van der Waals surface area contributed by atoms with Crippen LogP contribution < -0.4 is 19.1 Å². The smallest absolute Gasteiger partial charge is 0.157 e. The van der Waals surface area contributed by atoms with Crippen molar-refractivity contribution < 1.29 is 26.9 Å². The second-order valence-corrected chi connectivity index (χ2v) is 10.9. The molecule has 7 nitrogen and oxygen atoms in total. The molecule has 1 aromatic heterocycles. The lowest BCUT2D eigenvalue weighted by Gasteiger charge is -2.25. The van der Waals surface area contributed by atoms with Crippen LogP contribution in [-0.2, 0) is 23.1 Å². The van der Waals surface area contributed by atoms with Gasteiger partial charge in [0.05, 0.1) is 41.9 Å².